The number of halogens is 2. The third-order valence-corrected chi connectivity index (χ3v) is 4.46. The van der Waals surface area contributed by atoms with Crippen molar-refractivity contribution in [2.24, 2.45) is 4.99 Å². The molecule has 1 heterocycles. The van der Waals surface area contributed by atoms with Crippen LogP contribution in [-0.4, -0.2) is 31.3 Å². The summed E-state index contributed by atoms with van der Waals surface area (Å²) >= 11 is 0. The lowest BCUT2D eigenvalue weighted by molar-refractivity contribution is -0.0498. The van der Waals surface area contributed by atoms with E-state index in [0.717, 1.165) is 42.9 Å². The van der Waals surface area contributed by atoms with Gasteiger partial charge in [-0.05, 0) is 56.2 Å². The SMILES string of the molecule is Cc1ccc(N(CC(=O)c2ccc(OC(F)F)cc2)C2=NCCCC2)cc1. The molecular formula is C21H22F2N2O2. The number of alkyl halides is 2. The molecule has 4 nitrogen and oxygen atoms in total. The first kappa shape index (κ1) is 19.0. The minimum absolute atomic E-state index is 0.0357. The topological polar surface area (TPSA) is 41.9 Å². The molecule has 0 unspecified atom stereocenters. The molecule has 27 heavy (non-hydrogen) atoms. The van der Waals surface area contributed by atoms with Gasteiger partial charge in [0.2, 0.25) is 0 Å². The predicted molar refractivity (Wildman–Crippen MR) is 102 cm³/mol. The first-order chi connectivity index (χ1) is 13.0. The third-order valence-electron chi connectivity index (χ3n) is 4.46. The third kappa shape index (κ3) is 5.12. The molecule has 1 aliphatic rings. The molecule has 0 amide bonds. The van der Waals surface area contributed by atoms with Gasteiger partial charge in [0.15, 0.2) is 5.78 Å². The van der Waals surface area contributed by atoms with Crippen LogP contribution in [0.3, 0.4) is 0 Å². The van der Waals surface area contributed by atoms with Crippen LogP contribution in [0.25, 0.3) is 0 Å². The molecule has 0 aliphatic carbocycles. The van der Waals surface area contributed by atoms with Crippen LogP contribution in [0.1, 0.15) is 35.2 Å². The highest BCUT2D eigenvalue weighted by molar-refractivity contribution is 6.07. The van der Waals surface area contributed by atoms with Gasteiger partial charge in [-0.15, -0.1) is 0 Å². The fraction of sp³-hybridized carbons (Fsp3) is 0.333. The van der Waals surface area contributed by atoms with E-state index in [4.69, 9.17) is 0 Å². The molecule has 3 rings (SSSR count). The van der Waals surface area contributed by atoms with Crippen LogP contribution in [-0.2, 0) is 0 Å². The van der Waals surface area contributed by atoms with Gasteiger partial charge in [-0.25, -0.2) is 0 Å². The van der Waals surface area contributed by atoms with Gasteiger partial charge >= 0.3 is 6.61 Å². The molecule has 0 spiro atoms. The molecule has 2 aromatic carbocycles. The number of ketones is 1. The molecule has 0 saturated heterocycles. The molecule has 0 saturated carbocycles. The molecule has 0 fully saturated rings. The number of nitrogens with zero attached hydrogens (tertiary/aromatic N) is 2. The van der Waals surface area contributed by atoms with Crippen molar-refractivity contribution < 1.29 is 18.3 Å². The number of benzene rings is 2. The van der Waals surface area contributed by atoms with E-state index in [2.05, 4.69) is 9.73 Å². The Balaban J connectivity index is 1.79. The van der Waals surface area contributed by atoms with E-state index in [1.807, 2.05) is 36.1 Å². The average molecular weight is 372 g/mol. The number of ether oxygens (including phenoxy) is 1. The van der Waals surface area contributed by atoms with Crippen molar-refractivity contribution in [3.63, 3.8) is 0 Å². The monoisotopic (exact) mass is 372 g/mol. The molecule has 2 aromatic rings. The van der Waals surface area contributed by atoms with Crippen molar-refractivity contribution in [1.29, 1.82) is 0 Å². The summed E-state index contributed by atoms with van der Waals surface area (Å²) in [6, 6.07) is 13.8. The first-order valence-electron chi connectivity index (χ1n) is 8.98. The van der Waals surface area contributed by atoms with Crippen LogP contribution in [0.15, 0.2) is 53.5 Å². The lowest BCUT2D eigenvalue weighted by Gasteiger charge is -2.28. The zero-order valence-corrected chi connectivity index (χ0v) is 15.2. The molecule has 6 heteroatoms. The molecular weight excluding hydrogens is 350 g/mol. The van der Waals surface area contributed by atoms with Crippen LogP contribution < -0.4 is 9.64 Å². The van der Waals surface area contributed by atoms with Crippen molar-refractivity contribution in [3.05, 3.63) is 59.7 Å². The van der Waals surface area contributed by atoms with Crippen LogP contribution in [0.5, 0.6) is 5.75 Å². The van der Waals surface area contributed by atoms with Crippen molar-refractivity contribution in [1.82, 2.24) is 0 Å². The number of Topliss-reactive ketones (excluding diaryl/α,β-unsaturated/α-hetero) is 1. The minimum Gasteiger partial charge on any atom is -0.435 e. The Morgan fingerprint density at radius 2 is 1.81 bits per heavy atom. The van der Waals surface area contributed by atoms with Gasteiger partial charge in [0, 0.05) is 24.2 Å². The second kappa shape index (κ2) is 8.75. The van der Waals surface area contributed by atoms with E-state index >= 15 is 0 Å². The maximum Gasteiger partial charge on any atom is 0.387 e. The van der Waals surface area contributed by atoms with Gasteiger partial charge in [0.1, 0.15) is 11.6 Å². The van der Waals surface area contributed by atoms with Gasteiger partial charge in [-0.1, -0.05) is 17.7 Å². The summed E-state index contributed by atoms with van der Waals surface area (Å²) in [6.07, 6.45) is 2.95. The quantitative estimate of drug-likeness (QED) is 0.680. The number of anilines is 1. The molecule has 0 N–H and O–H groups in total. The Morgan fingerprint density at radius 1 is 1.11 bits per heavy atom. The Kier molecular flexibility index (Phi) is 6.16. The van der Waals surface area contributed by atoms with Gasteiger partial charge in [0.25, 0.3) is 0 Å². The minimum atomic E-state index is -2.88. The van der Waals surface area contributed by atoms with Crippen LogP contribution in [0.4, 0.5) is 14.5 Å². The molecule has 0 bridgehead atoms. The van der Waals surface area contributed by atoms with Gasteiger partial charge < -0.3 is 9.64 Å². The number of carbonyl (C=O) groups excluding carboxylic acids is 1. The van der Waals surface area contributed by atoms with Crippen LogP contribution in [0, 0.1) is 6.92 Å². The highest BCUT2D eigenvalue weighted by atomic mass is 19.3. The fourth-order valence-corrected chi connectivity index (χ4v) is 3.02. The van der Waals surface area contributed by atoms with Crippen LogP contribution >= 0.6 is 0 Å². The van der Waals surface area contributed by atoms with Crippen molar-refractivity contribution in [2.75, 3.05) is 18.0 Å². The number of hydrogen-bond acceptors (Lipinski definition) is 4. The summed E-state index contributed by atoms with van der Waals surface area (Å²) in [4.78, 5) is 19.3. The Bertz CT molecular complexity index is 802. The standard InChI is InChI=1S/C21H22F2N2O2/c1-15-5-9-17(10-6-15)25(20-4-2-3-13-24-20)14-19(26)16-7-11-18(12-8-16)27-21(22)23/h5-12,21H,2-4,13-14H2,1H3. The molecule has 0 aromatic heterocycles. The van der Waals surface area contributed by atoms with Crippen LogP contribution in [0.2, 0.25) is 0 Å². The highest BCUT2D eigenvalue weighted by Gasteiger charge is 2.20. The maximum absolute atomic E-state index is 12.8. The summed E-state index contributed by atoms with van der Waals surface area (Å²) < 4.78 is 28.9. The largest absolute Gasteiger partial charge is 0.435 e. The zero-order chi connectivity index (χ0) is 19.2. The number of amidine groups is 1. The summed E-state index contributed by atoms with van der Waals surface area (Å²) in [5.41, 5.74) is 2.52. The Morgan fingerprint density at radius 3 is 2.41 bits per heavy atom. The van der Waals surface area contributed by atoms with E-state index in [-0.39, 0.29) is 18.1 Å². The van der Waals surface area contributed by atoms with Crippen molar-refractivity contribution in [3.8, 4) is 5.75 Å². The highest BCUT2D eigenvalue weighted by Crippen LogP contribution is 2.21. The summed E-state index contributed by atoms with van der Waals surface area (Å²) in [7, 11) is 0. The second-order valence-electron chi connectivity index (χ2n) is 6.50. The normalized spacial score (nSPS) is 14.0. The number of aryl methyl sites for hydroxylation is 1. The van der Waals surface area contributed by atoms with Crippen molar-refractivity contribution >= 4 is 17.3 Å². The Hall–Kier alpha value is -2.76. The van der Waals surface area contributed by atoms with Gasteiger partial charge in [-0.3, -0.25) is 9.79 Å². The van der Waals surface area contributed by atoms with E-state index in [1.165, 1.54) is 24.3 Å². The summed E-state index contributed by atoms with van der Waals surface area (Å²) in [6.45, 7) is 0.0519. The smallest absolute Gasteiger partial charge is 0.387 e. The molecule has 142 valence electrons. The lowest BCUT2D eigenvalue weighted by atomic mass is 10.1. The zero-order valence-electron chi connectivity index (χ0n) is 15.2. The van der Waals surface area contributed by atoms with Crippen molar-refractivity contribution in [2.45, 2.75) is 32.8 Å². The molecule has 1 aliphatic heterocycles. The average Bonchev–Trinajstić information content (AvgIpc) is 2.67. The lowest BCUT2D eigenvalue weighted by Crippen LogP contribution is -2.37. The molecule has 0 radical (unpaired) electrons. The fourth-order valence-electron chi connectivity index (χ4n) is 3.02. The number of hydrogen-bond donors (Lipinski definition) is 0. The van der Waals surface area contributed by atoms with E-state index in [9.17, 15) is 13.6 Å². The van der Waals surface area contributed by atoms with E-state index in [0.29, 0.717) is 5.56 Å². The number of rotatable bonds is 6. The van der Waals surface area contributed by atoms with E-state index < -0.39 is 6.61 Å². The van der Waals surface area contributed by atoms with E-state index in [1.54, 1.807) is 0 Å². The second-order valence-corrected chi connectivity index (χ2v) is 6.50. The maximum atomic E-state index is 12.8. The summed E-state index contributed by atoms with van der Waals surface area (Å²) in [5.74, 6) is 0.845. The first-order valence-corrected chi connectivity index (χ1v) is 8.98. The molecule has 0 atom stereocenters. The number of carbonyl (C=O) groups is 1. The Labute approximate surface area is 157 Å². The summed E-state index contributed by atoms with van der Waals surface area (Å²) in [5, 5.41) is 0. The van der Waals surface area contributed by atoms with Gasteiger partial charge in [-0.2, -0.15) is 8.78 Å². The van der Waals surface area contributed by atoms with Gasteiger partial charge in [0.05, 0.1) is 6.54 Å². The number of aliphatic imine (C=N–C) groups is 1. The predicted octanol–water partition coefficient (Wildman–Crippen LogP) is 4.87.